The summed E-state index contributed by atoms with van der Waals surface area (Å²) in [6, 6.07) is 4.67. The first-order chi connectivity index (χ1) is 8.17. The maximum atomic E-state index is 4.40. The zero-order valence-electron chi connectivity index (χ0n) is 10.7. The summed E-state index contributed by atoms with van der Waals surface area (Å²) in [5.74, 6) is 0. The molecule has 17 heavy (non-hydrogen) atoms. The van der Waals surface area contributed by atoms with Gasteiger partial charge in [-0.3, -0.25) is 0 Å². The highest BCUT2D eigenvalue weighted by Crippen LogP contribution is 2.25. The van der Waals surface area contributed by atoms with Gasteiger partial charge in [0.2, 0.25) is 0 Å². The molecule has 1 aromatic heterocycles. The summed E-state index contributed by atoms with van der Waals surface area (Å²) < 4.78 is 1.03. The first-order valence-electron chi connectivity index (χ1n) is 6.19. The van der Waals surface area contributed by atoms with Crippen molar-refractivity contribution in [1.82, 2.24) is 10.3 Å². The van der Waals surface area contributed by atoms with Gasteiger partial charge in [-0.25, -0.2) is 4.98 Å². The second-order valence-corrected chi connectivity index (χ2v) is 6.42. The third kappa shape index (κ3) is 5.40. The summed E-state index contributed by atoms with van der Waals surface area (Å²) in [7, 11) is 0. The third-order valence-corrected chi connectivity index (χ3v) is 4.32. The van der Waals surface area contributed by atoms with Crippen molar-refractivity contribution in [3.8, 4) is 0 Å². The topological polar surface area (TPSA) is 24.9 Å². The van der Waals surface area contributed by atoms with Crippen LogP contribution in [-0.2, 0) is 0 Å². The van der Waals surface area contributed by atoms with E-state index in [1.807, 2.05) is 24.0 Å². The van der Waals surface area contributed by atoms with E-state index in [1.165, 1.54) is 6.42 Å². The van der Waals surface area contributed by atoms with Crippen LogP contribution in [0.1, 0.15) is 33.6 Å². The molecule has 0 radical (unpaired) electrons. The highest BCUT2D eigenvalue weighted by molar-refractivity contribution is 9.10. The fraction of sp³-hybridized carbons (Fsp3) is 0.615. The largest absolute Gasteiger partial charge is 0.313 e. The lowest BCUT2D eigenvalue weighted by Crippen LogP contribution is -2.36. The second kappa shape index (κ2) is 8.11. The molecule has 0 amide bonds. The van der Waals surface area contributed by atoms with E-state index >= 15 is 0 Å². The quantitative estimate of drug-likeness (QED) is 0.766. The SMILES string of the molecule is CCCNC(CC)C(C)Sc1ccc(Br)cn1. The van der Waals surface area contributed by atoms with Crippen LogP contribution in [0.5, 0.6) is 0 Å². The Morgan fingerprint density at radius 2 is 2.18 bits per heavy atom. The van der Waals surface area contributed by atoms with Gasteiger partial charge in [-0.15, -0.1) is 11.8 Å². The summed E-state index contributed by atoms with van der Waals surface area (Å²) in [5.41, 5.74) is 0. The number of pyridine rings is 1. The molecule has 0 aliphatic heterocycles. The zero-order valence-corrected chi connectivity index (χ0v) is 13.1. The summed E-state index contributed by atoms with van der Waals surface area (Å²) in [5, 5.41) is 5.23. The zero-order chi connectivity index (χ0) is 12.7. The molecule has 1 rings (SSSR count). The van der Waals surface area contributed by atoms with Crippen LogP contribution in [0, 0.1) is 0 Å². The van der Waals surface area contributed by atoms with Gasteiger partial charge in [-0.2, -0.15) is 0 Å². The minimum atomic E-state index is 0.542. The first kappa shape index (κ1) is 15.0. The molecule has 2 nitrogen and oxygen atoms in total. The van der Waals surface area contributed by atoms with Crippen LogP contribution < -0.4 is 5.32 Å². The minimum absolute atomic E-state index is 0.542. The summed E-state index contributed by atoms with van der Waals surface area (Å²) in [4.78, 5) is 4.40. The molecule has 0 aromatic carbocycles. The Morgan fingerprint density at radius 1 is 1.41 bits per heavy atom. The monoisotopic (exact) mass is 316 g/mol. The van der Waals surface area contributed by atoms with Gasteiger partial charge in [0.25, 0.3) is 0 Å². The number of hydrogen-bond donors (Lipinski definition) is 1. The van der Waals surface area contributed by atoms with E-state index in [2.05, 4.69) is 53.1 Å². The van der Waals surface area contributed by atoms with Gasteiger partial charge >= 0.3 is 0 Å². The Balaban J connectivity index is 2.51. The molecular weight excluding hydrogens is 296 g/mol. The summed E-state index contributed by atoms with van der Waals surface area (Å²) in [6.45, 7) is 7.80. The van der Waals surface area contributed by atoms with E-state index in [0.29, 0.717) is 11.3 Å². The van der Waals surface area contributed by atoms with Crippen molar-refractivity contribution in [1.29, 1.82) is 0 Å². The Labute approximate surface area is 117 Å². The maximum Gasteiger partial charge on any atom is 0.0963 e. The van der Waals surface area contributed by atoms with Crippen molar-refractivity contribution in [2.45, 2.75) is 49.9 Å². The highest BCUT2D eigenvalue weighted by Gasteiger charge is 2.16. The van der Waals surface area contributed by atoms with Crippen molar-refractivity contribution in [2.75, 3.05) is 6.54 Å². The van der Waals surface area contributed by atoms with Crippen LogP contribution in [-0.4, -0.2) is 22.8 Å². The molecule has 1 N–H and O–H groups in total. The van der Waals surface area contributed by atoms with Crippen molar-refractivity contribution >= 4 is 27.7 Å². The average molecular weight is 317 g/mol. The molecule has 96 valence electrons. The smallest absolute Gasteiger partial charge is 0.0963 e. The number of aromatic nitrogens is 1. The number of rotatable bonds is 7. The van der Waals surface area contributed by atoms with E-state index in [1.54, 1.807) is 0 Å². The molecule has 4 heteroatoms. The number of halogens is 1. The lowest BCUT2D eigenvalue weighted by molar-refractivity contribution is 0.493. The van der Waals surface area contributed by atoms with Gasteiger partial charge in [0.15, 0.2) is 0 Å². The van der Waals surface area contributed by atoms with E-state index in [0.717, 1.165) is 22.5 Å². The molecule has 0 saturated heterocycles. The fourth-order valence-corrected chi connectivity index (χ4v) is 3.01. The van der Waals surface area contributed by atoms with Crippen LogP contribution >= 0.6 is 27.7 Å². The minimum Gasteiger partial charge on any atom is -0.313 e. The number of thioether (sulfide) groups is 1. The normalized spacial score (nSPS) is 14.6. The van der Waals surface area contributed by atoms with Crippen LogP contribution in [0.3, 0.4) is 0 Å². The van der Waals surface area contributed by atoms with Gasteiger partial charge in [0.1, 0.15) is 0 Å². The Kier molecular flexibility index (Phi) is 7.16. The lowest BCUT2D eigenvalue weighted by Gasteiger charge is -2.23. The fourth-order valence-electron chi connectivity index (χ4n) is 1.68. The second-order valence-electron chi connectivity index (χ2n) is 4.11. The molecule has 0 saturated carbocycles. The summed E-state index contributed by atoms with van der Waals surface area (Å²) >= 11 is 5.25. The predicted molar refractivity (Wildman–Crippen MR) is 79.6 cm³/mol. The molecule has 1 heterocycles. The number of hydrogen-bond acceptors (Lipinski definition) is 3. The standard InChI is InChI=1S/C13H21BrN2S/c1-4-8-15-12(5-2)10(3)17-13-7-6-11(14)9-16-13/h6-7,9-10,12,15H,4-5,8H2,1-3H3. The van der Waals surface area contributed by atoms with Crippen LogP contribution in [0.2, 0.25) is 0 Å². The van der Waals surface area contributed by atoms with Crippen molar-refractivity contribution in [2.24, 2.45) is 0 Å². The Hall–Kier alpha value is -0.0600. The number of nitrogens with one attached hydrogen (secondary N) is 1. The first-order valence-corrected chi connectivity index (χ1v) is 7.86. The van der Waals surface area contributed by atoms with Crippen molar-refractivity contribution < 1.29 is 0 Å². The number of nitrogens with zero attached hydrogens (tertiary/aromatic N) is 1. The van der Waals surface area contributed by atoms with E-state index in [-0.39, 0.29) is 0 Å². The highest BCUT2D eigenvalue weighted by atomic mass is 79.9. The average Bonchev–Trinajstić information content (AvgIpc) is 2.33. The molecule has 1 aromatic rings. The lowest BCUT2D eigenvalue weighted by atomic mass is 10.1. The van der Waals surface area contributed by atoms with E-state index in [4.69, 9.17) is 0 Å². The van der Waals surface area contributed by atoms with Crippen LogP contribution in [0.25, 0.3) is 0 Å². The maximum absolute atomic E-state index is 4.40. The van der Waals surface area contributed by atoms with Crippen LogP contribution in [0.15, 0.2) is 27.8 Å². The Bertz CT molecular complexity index is 316. The van der Waals surface area contributed by atoms with Crippen molar-refractivity contribution in [3.05, 3.63) is 22.8 Å². The molecule has 2 atom stereocenters. The molecular formula is C13H21BrN2S. The van der Waals surface area contributed by atoms with Gasteiger partial charge < -0.3 is 5.32 Å². The molecule has 0 fully saturated rings. The van der Waals surface area contributed by atoms with E-state index in [9.17, 15) is 0 Å². The van der Waals surface area contributed by atoms with E-state index < -0.39 is 0 Å². The summed E-state index contributed by atoms with van der Waals surface area (Å²) in [6.07, 6.45) is 4.20. The molecule has 2 unspecified atom stereocenters. The van der Waals surface area contributed by atoms with Gasteiger partial charge in [-0.05, 0) is 47.4 Å². The predicted octanol–water partition coefficient (Wildman–Crippen LogP) is 4.10. The van der Waals surface area contributed by atoms with Crippen molar-refractivity contribution in [3.63, 3.8) is 0 Å². The molecule has 0 bridgehead atoms. The van der Waals surface area contributed by atoms with Crippen LogP contribution in [0.4, 0.5) is 0 Å². The Morgan fingerprint density at radius 3 is 2.71 bits per heavy atom. The van der Waals surface area contributed by atoms with Gasteiger partial charge in [-0.1, -0.05) is 20.8 Å². The van der Waals surface area contributed by atoms with Gasteiger partial charge in [0, 0.05) is 22.0 Å². The third-order valence-electron chi connectivity index (χ3n) is 2.67. The molecule has 0 spiro atoms. The molecule has 0 aliphatic rings. The molecule has 0 aliphatic carbocycles. The van der Waals surface area contributed by atoms with Gasteiger partial charge in [0.05, 0.1) is 5.03 Å².